The molecule has 0 saturated carbocycles. The molecular weight excluding hydrogens is 547 g/mol. The van der Waals surface area contributed by atoms with E-state index in [1.807, 2.05) is 91.0 Å². The van der Waals surface area contributed by atoms with Crippen LogP contribution in [0.5, 0.6) is 0 Å². The van der Waals surface area contributed by atoms with Gasteiger partial charge in [-0.1, -0.05) is 0 Å². The molecule has 0 radical (unpaired) electrons. The van der Waals surface area contributed by atoms with Gasteiger partial charge in [-0.2, -0.15) is 0 Å². The Morgan fingerprint density at radius 2 is 1.40 bits per heavy atom. The minimum absolute atomic E-state index is 0.122. The number of aromatic amines is 1. The molecule has 4 N–H and O–H groups in total. The Balaban J connectivity index is 1.81. The van der Waals surface area contributed by atoms with E-state index in [1.165, 1.54) is 0 Å². The number of carbonyl (C=O) groups is 2. The van der Waals surface area contributed by atoms with Crippen molar-refractivity contribution in [1.29, 1.82) is 0 Å². The second-order valence-corrected chi connectivity index (χ2v) is 17.6. The monoisotopic (exact) mass is 576 g/mol. The molecule has 4 rings (SSSR count). The van der Waals surface area contributed by atoms with E-state index in [2.05, 4.69) is 15.3 Å². The van der Waals surface area contributed by atoms with Crippen molar-refractivity contribution < 1.29 is 12.7 Å². The van der Waals surface area contributed by atoms with Crippen LogP contribution >= 0.6 is 0 Å². The summed E-state index contributed by atoms with van der Waals surface area (Å²) in [6, 6.07) is 28.9. The van der Waals surface area contributed by atoms with Crippen LogP contribution in [0.4, 0.5) is 0 Å². The van der Waals surface area contributed by atoms with Gasteiger partial charge in [0.1, 0.15) is 0 Å². The fourth-order valence-electron chi connectivity index (χ4n) is 4.12. The number of hydrogen-bond donors (Lipinski definition) is 3. The van der Waals surface area contributed by atoms with Gasteiger partial charge >= 0.3 is 210 Å². The first-order valence-electron chi connectivity index (χ1n) is 11.5. The first-order valence-corrected chi connectivity index (χ1v) is 16.9. The molecule has 1 heterocycles. The molecule has 0 bridgehead atoms. The van der Waals surface area contributed by atoms with Gasteiger partial charge in [0, 0.05) is 0 Å². The van der Waals surface area contributed by atoms with Gasteiger partial charge in [-0.15, -0.1) is 0 Å². The van der Waals surface area contributed by atoms with Crippen LogP contribution in [0.2, 0.25) is 0 Å². The summed E-state index contributed by atoms with van der Waals surface area (Å²) < 4.78 is 9.68. The van der Waals surface area contributed by atoms with Crippen molar-refractivity contribution >= 4 is 41.4 Å². The van der Waals surface area contributed by atoms with E-state index in [4.69, 9.17) is 8.81 Å². The summed E-state index contributed by atoms with van der Waals surface area (Å²) in [6.45, 7) is 0.193. The van der Waals surface area contributed by atoms with E-state index in [-0.39, 0.29) is 25.3 Å². The molecule has 7 nitrogen and oxygen atoms in total. The summed E-state index contributed by atoms with van der Waals surface area (Å²) in [5.74, 6) is -0.772. The Hall–Kier alpha value is -3.43. The van der Waals surface area contributed by atoms with Crippen molar-refractivity contribution in [3.05, 3.63) is 109 Å². The molecule has 0 fully saturated rings. The molecule has 4 aromatic rings. The van der Waals surface area contributed by atoms with Crippen molar-refractivity contribution in [3.63, 3.8) is 0 Å². The Bertz CT molecular complexity index is 1120. The normalized spacial score (nSPS) is 12.0. The zero-order valence-electron chi connectivity index (χ0n) is 19.3. The minimum atomic E-state index is -4.32. The van der Waals surface area contributed by atoms with Crippen LogP contribution in [0, 0.1) is 0 Å². The molecule has 1 aromatic heterocycles. The summed E-state index contributed by atoms with van der Waals surface area (Å²) in [7, 11) is 0. The van der Waals surface area contributed by atoms with Gasteiger partial charge in [0.2, 0.25) is 0 Å². The quantitative estimate of drug-likeness (QED) is 0.245. The van der Waals surface area contributed by atoms with E-state index in [1.54, 1.807) is 12.5 Å². The average molecular weight is 575 g/mol. The Kier molecular flexibility index (Phi) is 8.33. The summed E-state index contributed by atoms with van der Waals surface area (Å²) in [5.41, 5.74) is 6.29. The number of nitrogens with zero attached hydrogens (tertiary/aromatic N) is 1. The second-order valence-electron chi connectivity index (χ2n) is 8.14. The zero-order chi connectivity index (χ0) is 24.5. The van der Waals surface area contributed by atoms with Crippen molar-refractivity contribution in [3.8, 4) is 0 Å². The molecule has 0 spiro atoms. The molecule has 0 saturated heterocycles. The van der Waals surface area contributed by atoms with Crippen LogP contribution in [0.3, 0.4) is 0 Å². The fraction of sp³-hybridized carbons (Fsp3) is 0.148. The van der Waals surface area contributed by atoms with Crippen LogP contribution in [0.25, 0.3) is 0 Å². The third-order valence-electron chi connectivity index (χ3n) is 5.76. The van der Waals surface area contributed by atoms with Crippen LogP contribution < -0.4 is 21.8 Å². The molecule has 1 amide bonds. The van der Waals surface area contributed by atoms with Crippen molar-refractivity contribution in [2.45, 2.75) is 18.9 Å². The van der Waals surface area contributed by atoms with Gasteiger partial charge < -0.3 is 0 Å². The number of H-pyrrole nitrogens is 1. The predicted molar refractivity (Wildman–Crippen MR) is 138 cm³/mol. The van der Waals surface area contributed by atoms with E-state index >= 15 is 0 Å². The SMILES string of the molecule is NCCC(=O)N[C@H](Cc1cnc[nH]1)C(=O)[O][Sn]([c]1ccccc1)([c]1ccccc1)[c]1ccccc1. The van der Waals surface area contributed by atoms with Crippen LogP contribution in [0.1, 0.15) is 12.1 Å². The first-order chi connectivity index (χ1) is 17.1. The maximum atomic E-state index is 13.9. The van der Waals surface area contributed by atoms with E-state index in [0.717, 1.165) is 16.4 Å². The maximum absolute atomic E-state index is 13.9. The number of aromatic nitrogens is 2. The van der Waals surface area contributed by atoms with Crippen molar-refractivity contribution in [2.75, 3.05) is 6.54 Å². The number of hydrogen-bond acceptors (Lipinski definition) is 5. The number of amides is 1. The topological polar surface area (TPSA) is 110 Å². The van der Waals surface area contributed by atoms with Crippen molar-refractivity contribution in [1.82, 2.24) is 15.3 Å². The van der Waals surface area contributed by atoms with E-state index in [9.17, 15) is 9.59 Å². The standard InChI is InChI=1S/C9H14N4O3.3C6H5.Sn/c10-2-1-8(14)13-7(9(15)16)3-6-4-11-5-12-6;3*1-2-4-6-5-3-1;/h4-5,7H,1-3,10H2,(H,11,12)(H,13,14)(H,15,16);3*1-5H;/q;;;;+1/p-1/t7-;;;;/m1..../s1. The van der Waals surface area contributed by atoms with E-state index < -0.39 is 30.8 Å². The van der Waals surface area contributed by atoms with Crippen LogP contribution in [0.15, 0.2) is 104 Å². The third-order valence-corrected chi connectivity index (χ3v) is 17.0. The predicted octanol–water partition coefficient (Wildman–Crippen LogP) is 0.996. The molecule has 35 heavy (non-hydrogen) atoms. The number of rotatable bonds is 10. The van der Waals surface area contributed by atoms with Gasteiger partial charge in [-0.25, -0.2) is 0 Å². The number of nitrogens with one attached hydrogen (secondary N) is 2. The van der Waals surface area contributed by atoms with Gasteiger partial charge in [-0.05, 0) is 0 Å². The van der Waals surface area contributed by atoms with Gasteiger partial charge in [0.05, 0.1) is 0 Å². The molecule has 0 aliphatic heterocycles. The molecule has 178 valence electrons. The summed E-state index contributed by atoms with van der Waals surface area (Å²) in [6.07, 6.45) is 3.53. The third kappa shape index (κ3) is 5.80. The Labute approximate surface area is 209 Å². The molecule has 0 aliphatic rings. The number of benzene rings is 3. The van der Waals surface area contributed by atoms with Gasteiger partial charge in [0.25, 0.3) is 0 Å². The van der Waals surface area contributed by atoms with Crippen LogP contribution in [-0.4, -0.2) is 53.2 Å². The molecule has 8 heteroatoms. The zero-order valence-corrected chi connectivity index (χ0v) is 22.1. The Morgan fingerprint density at radius 3 is 1.83 bits per heavy atom. The number of nitrogens with two attached hydrogens (primary N) is 1. The van der Waals surface area contributed by atoms with E-state index in [0.29, 0.717) is 0 Å². The first kappa shape index (κ1) is 24.7. The number of carbonyl (C=O) groups excluding carboxylic acids is 2. The number of imidazole rings is 1. The molecule has 0 unspecified atom stereocenters. The summed E-state index contributed by atoms with van der Waals surface area (Å²) in [5, 5.41) is 2.83. The van der Waals surface area contributed by atoms with Crippen molar-refractivity contribution in [2.24, 2.45) is 5.73 Å². The summed E-state index contributed by atoms with van der Waals surface area (Å²) in [4.78, 5) is 33.4. The molecule has 3 aromatic carbocycles. The molecule has 1 atom stereocenters. The average Bonchev–Trinajstić information content (AvgIpc) is 3.42. The van der Waals surface area contributed by atoms with Gasteiger partial charge in [-0.3, -0.25) is 0 Å². The second kappa shape index (κ2) is 11.8. The molecular formula is C27H28N4O3Sn. The van der Waals surface area contributed by atoms with Crippen LogP contribution in [-0.2, 0) is 19.1 Å². The van der Waals surface area contributed by atoms with Gasteiger partial charge in [0.15, 0.2) is 0 Å². The fourth-order valence-corrected chi connectivity index (χ4v) is 14.9. The Morgan fingerprint density at radius 1 is 0.886 bits per heavy atom. The summed E-state index contributed by atoms with van der Waals surface area (Å²) >= 11 is -4.32. The molecule has 0 aliphatic carbocycles.